The number of imidazole rings is 1. The summed E-state index contributed by atoms with van der Waals surface area (Å²) in [6.07, 6.45) is 2.26. The van der Waals surface area contributed by atoms with E-state index in [1.165, 1.54) is 11.1 Å². The van der Waals surface area contributed by atoms with Crippen LogP contribution in [0.15, 0.2) is 42.5 Å². The maximum Gasteiger partial charge on any atom is 0.173 e. The van der Waals surface area contributed by atoms with Gasteiger partial charge in [0.05, 0.1) is 11.0 Å². The van der Waals surface area contributed by atoms with E-state index >= 15 is 0 Å². The van der Waals surface area contributed by atoms with Gasteiger partial charge in [-0.15, -0.1) is 0 Å². The molecule has 1 aromatic heterocycles. The van der Waals surface area contributed by atoms with Crippen LogP contribution in [-0.2, 0) is 0 Å². The Bertz CT molecular complexity index is 913. The van der Waals surface area contributed by atoms with Gasteiger partial charge in [0.2, 0.25) is 0 Å². The number of hydrogen-bond donors (Lipinski definition) is 2. The first-order valence-electron chi connectivity index (χ1n) is 9.18. The number of hydrogen-bond acceptors (Lipinski definition) is 2. The zero-order chi connectivity index (χ0) is 18.1. The molecule has 0 radical (unpaired) electrons. The molecule has 0 bridgehead atoms. The first kappa shape index (κ1) is 17.0. The van der Waals surface area contributed by atoms with Crippen molar-refractivity contribution in [1.82, 2.24) is 14.9 Å². The van der Waals surface area contributed by atoms with Crippen molar-refractivity contribution in [2.75, 3.05) is 18.4 Å². The van der Waals surface area contributed by atoms with E-state index in [0.29, 0.717) is 5.92 Å². The summed E-state index contributed by atoms with van der Waals surface area (Å²) >= 11 is 5.68. The SMILES string of the molecule is Cc1ccc(NC(=S)N2CCCC(c3nc4ccccc4[nH]3)C2)cc1C. The molecule has 134 valence electrons. The van der Waals surface area contributed by atoms with Crippen molar-refractivity contribution in [1.29, 1.82) is 0 Å². The topological polar surface area (TPSA) is 44.0 Å². The molecule has 3 aromatic rings. The van der Waals surface area contributed by atoms with Gasteiger partial charge in [0.25, 0.3) is 0 Å². The van der Waals surface area contributed by atoms with Crippen LogP contribution in [-0.4, -0.2) is 33.1 Å². The van der Waals surface area contributed by atoms with Crippen molar-refractivity contribution in [2.45, 2.75) is 32.6 Å². The third kappa shape index (κ3) is 3.44. The fraction of sp³-hybridized carbons (Fsp3) is 0.333. The summed E-state index contributed by atoms with van der Waals surface area (Å²) < 4.78 is 0. The average molecular weight is 365 g/mol. The van der Waals surface area contributed by atoms with Gasteiger partial charge in [0.15, 0.2) is 5.11 Å². The quantitative estimate of drug-likeness (QED) is 0.644. The molecular formula is C21H24N4S. The lowest BCUT2D eigenvalue weighted by Gasteiger charge is -2.33. The predicted octanol–water partition coefficient (Wildman–Crippen LogP) is 4.76. The number of thiocarbonyl (C=S) groups is 1. The van der Waals surface area contributed by atoms with Crippen molar-refractivity contribution < 1.29 is 0 Å². The Hall–Kier alpha value is -2.40. The molecule has 0 saturated carbocycles. The first-order valence-corrected chi connectivity index (χ1v) is 9.59. The number of para-hydroxylation sites is 2. The minimum Gasteiger partial charge on any atom is -0.348 e. The van der Waals surface area contributed by atoms with Crippen LogP contribution in [0.2, 0.25) is 0 Å². The first-order chi connectivity index (χ1) is 12.6. The van der Waals surface area contributed by atoms with Gasteiger partial charge in [0, 0.05) is 24.7 Å². The number of rotatable bonds is 2. The van der Waals surface area contributed by atoms with Crippen LogP contribution >= 0.6 is 12.2 Å². The third-order valence-corrected chi connectivity index (χ3v) is 5.62. The maximum atomic E-state index is 5.68. The zero-order valence-corrected chi connectivity index (χ0v) is 16.1. The van der Waals surface area contributed by atoms with Gasteiger partial charge < -0.3 is 15.2 Å². The van der Waals surface area contributed by atoms with E-state index in [2.05, 4.69) is 59.4 Å². The predicted molar refractivity (Wildman–Crippen MR) is 112 cm³/mol. The van der Waals surface area contributed by atoms with Crippen molar-refractivity contribution in [3.05, 3.63) is 59.4 Å². The Balaban J connectivity index is 1.47. The second-order valence-electron chi connectivity index (χ2n) is 7.15. The highest BCUT2D eigenvalue weighted by Gasteiger charge is 2.25. The van der Waals surface area contributed by atoms with E-state index in [9.17, 15) is 0 Å². The molecule has 1 fully saturated rings. The molecule has 1 unspecified atom stereocenters. The Morgan fingerprint density at radius 2 is 2.04 bits per heavy atom. The second kappa shape index (κ2) is 7.08. The van der Waals surface area contributed by atoms with Gasteiger partial charge in [0.1, 0.15) is 5.82 Å². The van der Waals surface area contributed by atoms with E-state index in [1.54, 1.807) is 0 Å². The Morgan fingerprint density at radius 1 is 1.19 bits per heavy atom. The molecule has 1 atom stereocenters. The van der Waals surface area contributed by atoms with Gasteiger partial charge in [-0.25, -0.2) is 4.98 Å². The Kier molecular flexibility index (Phi) is 4.64. The summed E-state index contributed by atoms with van der Waals surface area (Å²) in [5.41, 5.74) is 5.77. The third-order valence-electron chi connectivity index (χ3n) is 5.26. The monoisotopic (exact) mass is 364 g/mol. The molecule has 2 heterocycles. The highest BCUT2D eigenvalue weighted by molar-refractivity contribution is 7.80. The number of fused-ring (bicyclic) bond motifs is 1. The Labute approximate surface area is 159 Å². The summed E-state index contributed by atoms with van der Waals surface area (Å²) in [5.74, 6) is 1.46. The maximum absolute atomic E-state index is 5.68. The molecular weight excluding hydrogens is 340 g/mol. The van der Waals surface area contributed by atoms with Gasteiger partial charge in [-0.05, 0) is 74.3 Å². The zero-order valence-electron chi connectivity index (χ0n) is 15.2. The Morgan fingerprint density at radius 3 is 2.85 bits per heavy atom. The molecule has 4 nitrogen and oxygen atoms in total. The molecule has 5 heteroatoms. The molecule has 2 aromatic carbocycles. The number of aromatic amines is 1. The number of aryl methyl sites for hydroxylation is 2. The van der Waals surface area contributed by atoms with Crippen LogP contribution in [0.25, 0.3) is 11.0 Å². The standard InChI is InChI=1S/C21H24N4S/c1-14-9-10-17(12-15(14)2)22-21(26)25-11-5-6-16(13-25)20-23-18-7-3-4-8-19(18)24-20/h3-4,7-10,12,16H,5-6,11,13H2,1-2H3,(H,22,26)(H,23,24). The number of anilines is 1. The van der Waals surface area contributed by atoms with E-state index in [0.717, 1.165) is 53.6 Å². The van der Waals surface area contributed by atoms with Crippen molar-refractivity contribution >= 4 is 34.1 Å². The van der Waals surface area contributed by atoms with Gasteiger partial charge in [-0.2, -0.15) is 0 Å². The fourth-order valence-electron chi connectivity index (χ4n) is 3.57. The van der Waals surface area contributed by atoms with Crippen LogP contribution in [0.5, 0.6) is 0 Å². The van der Waals surface area contributed by atoms with Crippen LogP contribution < -0.4 is 5.32 Å². The highest BCUT2D eigenvalue weighted by atomic mass is 32.1. The summed E-state index contributed by atoms with van der Waals surface area (Å²) in [6, 6.07) is 14.6. The average Bonchev–Trinajstić information content (AvgIpc) is 3.09. The van der Waals surface area contributed by atoms with Gasteiger partial charge in [-0.1, -0.05) is 18.2 Å². The van der Waals surface area contributed by atoms with Crippen molar-refractivity contribution in [2.24, 2.45) is 0 Å². The minimum atomic E-state index is 0.385. The molecule has 0 aliphatic carbocycles. The lowest BCUT2D eigenvalue weighted by Crippen LogP contribution is -2.41. The highest BCUT2D eigenvalue weighted by Crippen LogP contribution is 2.27. The fourth-order valence-corrected chi connectivity index (χ4v) is 3.86. The summed E-state index contributed by atoms with van der Waals surface area (Å²) in [4.78, 5) is 10.5. The summed E-state index contributed by atoms with van der Waals surface area (Å²) in [5, 5.41) is 4.21. The van der Waals surface area contributed by atoms with Crippen molar-refractivity contribution in [3.8, 4) is 0 Å². The van der Waals surface area contributed by atoms with Crippen LogP contribution in [0.1, 0.15) is 35.7 Å². The van der Waals surface area contributed by atoms with E-state index < -0.39 is 0 Å². The lowest BCUT2D eigenvalue weighted by atomic mass is 9.98. The van der Waals surface area contributed by atoms with Crippen molar-refractivity contribution in [3.63, 3.8) is 0 Å². The van der Waals surface area contributed by atoms with Crippen LogP contribution in [0.3, 0.4) is 0 Å². The van der Waals surface area contributed by atoms with E-state index in [-0.39, 0.29) is 0 Å². The molecule has 0 amide bonds. The van der Waals surface area contributed by atoms with Crippen LogP contribution in [0, 0.1) is 13.8 Å². The van der Waals surface area contributed by atoms with Gasteiger partial charge in [-0.3, -0.25) is 0 Å². The number of nitrogens with one attached hydrogen (secondary N) is 2. The summed E-state index contributed by atoms with van der Waals surface area (Å²) in [7, 11) is 0. The van der Waals surface area contributed by atoms with Crippen LogP contribution in [0.4, 0.5) is 5.69 Å². The molecule has 1 aliphatic rings. The molecule has 26 heavy (non-hydrogen) atoms. The lowest BCUT2D eigenvalue weighted by molar-refractivity contribution is 0.307. The number of likely N-dealkylation sites (tertiary alicyclic amines) is 1. The van der Waals surface area contributed by atoms with Gasteiger partial charge >= 0.3 is 0 Å². The number of benzene rings is 2. The number of piperidine rings is 1. The number of aromatic nitrogens is 2. The molecule has 1 aliphatic heterocycles. The second-order valence-corrected chi connectivity index (χ2v) is 7.54. The molecule has 4 rings (SSSR count). The molecule has 2 N–H and O–H groups in total. The largest absolute Gasteiger partial charge is 0.348 e. The smallest absolute Gasteiger partial charge is 0.173 e. The number of nitrogens with zero attached hydrogens (tertiary/aromatic N) is 2. The minimum absolute atomic E-state index is 0.385. The normalized spacial score (nSPS) is 17.5. The summed E-state index contributed by atoms with van der Waals surface area (Å²) in [6.45, 7) is 6.14. The molecule has 1 saturated heterocycles. The number of H-pyrrole nitrogens is 1. The molecule has 0 spiro atoms. The van der Waals surface area contributed by atoms with E-state index in [4.69, 9.17) is 17.2 Å². The van der Waals surface area contributed by atoms with E-state index in [1.807, 2.05) is 12.1 Å².